The third kappa shape index (κ3) is 1.36. The summed E-state index contributed by atoms with van der Waals surface area (Å²) in [6.07, 6.45) is 3.58. The number of hydrogen-bond acceptors (Lipinski definition) is 1. The monoisotopic (exact) mass is 189 g/mol. The molecule has 2 N–H and O–H groups in total. The minimum Gasteiger partial charge on any atom is -0.321 e. The molecule has 0 saturated heterocycles. The van der Waals surface area contributed by atoms with Gasteiger partial charge in [0.1, 0.15) is 0 Å². The van der Waals surface area contributed by atoms with E-state index in [1.54, 1.807) is 0 Å². The van der Waals surface area contributed by atoms with Gasteiger partial charge in [0.2, 0.25) is 0 Å². The van der Waals surface area contributed by atoms with E-state index >= 15 is 0 Å². The van der Waals surface area contributed by atoms with Crippen molar-refractivity contribution in [3.8, 4) is 0 Å². The number of hydrogen-bond donors (Lipinski definition) is 1. The zero-order valence-corrected chi connectivity index (χ0v) is 9.35. The van der Waals surface area contributed by atoms with Crippen molar-refractivity contribution < 1.29 is 0 Å². The van der Waals surface area contributed by atoms with E-state index in [4.69, 9.17) is 5.73 Å². The zero-order chi connectivity index (χ0) is 10.3. The van der Waals surface area contributed by atoms with E-state index < -0.39 is 0 Å². The quantitative estimate of drug-likeness (QED) is 0.722. The van der Waals surface area contributed by atoms with Gasteiger partial charge in [-0.2, -0.15) is 0 Å². The molecule has 1 aliphatic rings. The van der Waals surface area contributed by atoms with E-state index in [9.17, 15) is 0 Å². The second kappa shape index (κ2) is 3.09. The molecule has 1 aliphatic carbocycles. The Kier molecular flexibility index (Phi) is 2.15. The second-order valence-corrected chi connectivity index (χ2v) is 4.76. The highest BCUT2D eigenvalue weighted by Crippen LogP contribution is 2.40. The van der Waals surface area contributed by atoms with Gasteiger partial charge in [0.25, 0.3) is 0 Å². The van der Waals surface area contributed by atoms with Crippen molar-refractivity contribution >= 4 is 0 Å². The molecule has 0 aromatic heterocycles. The van der Waals surface area contributed by atoms with Crippen LogP contribution in [0.5, 0.6) is 0 Å². The van der Waals surface area contributed by atoms with Crippen molar-refractivity contribution in [1.82, 2.24) is 0 Å². The number of nitrogens with two attached hydrogens (primary N) is 1. The smallest absolute Gasteiger partial charge is 0.0412 e. The average Bonchev–Trinajstić information content (AvgIpc) is 2.07. The Morgan fingerprint density at radius 1 is 1.14 bits per heavy atom. The van der Waals surface area contributed by atoms with Crippen LogP contribution in [0.15, 0.2) is 12.1 Å². The molecule has 1 saturated carbocycles. The minimum atomic E-state index is -0.0130. The van der Waals surface area contributed by atoms with Crippen LogP contribution in [0.3, 0.4) is 0 Å². The summed E-state index contributed by atoms with van der Waals surface area (Å²) in [5.74, 6) is 0. The predicted molar refractivity (Wildman–Crippen MR) is 60.4 cm³/mol. The van der Waals surface area contributed by atoms with Crippen molar-refractivity contribution in [3.63, 3.8) is 0 Å². The molecule has 0 atom stereocenters. The van der Waals surface area contributed by atoms with Gasteiger partial charge >= 0.3 is 0 Å². The SMILES string of the molecule is Cc1cc(C)c(C)c(C2(N)CCC2)c1. The van der Waals surface area contributed by atoms with Crippen LogP contribution in [-0.4, -0.2) is 0 Å². The summed E-state index contributed by atoms with van der Waals surface area (Å²) < 4.78 is 0. The summed E-state index contributed by atoms with van der Waals surface area (Å²) in [5, 5.41) is 0. The molecular formula is C13H19N. The van der Waals surface area contributed by atoms with Crippen molar-refractivity contribution in [1.29, 1.82) is 0 Å². The van der Waals surface area contributed by atoms with Crippen molar-refractivity contribution in [2.24, 2.45) is 5.73 Å². The normalized spacial score (nSPS) is 19.1. The summed E-state index contributed by atoms with van der Waals surface area (Å²) >= 11 is 0. The van der Waals surface area contributed by atoms with Gasteiger partial charge in [-0.1, -0.05) is 17.7 Å². The molecule has 1 nitrogen and oxygen atoms in total. The lowest BCUT2D eigenvalue weighted by Gasteiger charge is -2.40. The second-order valence-electron chi connectivity index (χ2n) is 4.76. The zero-order valence-electron chi connectivity index (χ0n) is 9.35. The van der Waals surface area contributed by atoms with Crippen molar-refractivity contribution in [2.45, 2.75) is 45.6 Å². The molecule has 0 radical (unpaired) electrons. The first-order valence-corrected chi connectivity index (χ1v) is 5.40. The Morgan fingerprint density at radius 2 is 1.79 bits per heavy atom. The van der Waals surface area contributed by atoms with Gasteiger partial charge in [-0.25, -0.2) is 0 Å². The van der Waals surface area contributed by atoms with E-state index in [1.165, 1.54) is 28.7 Å². The van der Waals surface area contributed by atoms with Crippen LogP contribution < -0.4 is 5.73 Å². The van der Waals surface area contributed by atoms with Gasteiger partial charge in [-0.3, -0.25) is 0 Å². The van der Waals surface area contributed by atoms with E-state index in [2.05, 4.69) is 32.9 Å². The van der Waals surface area contributed by atoms with Crippen LogP contribution in [-0.2, 0) is 5.54 Å². The summed E-state index contributed by atoms with van der Waals surface area (Å²) in [4.78, 5) is 0. The van der Waals surface area contributed by atoms with Crippen molar-refractivity contribution in [3.05, 3.63) is 34.4 Å². The van der Waals surface area contributed by atoms with Crippen LogP contribution in [0.2, 0.25) is 0 Å². The largest absolute Gasteiger partial charge is 0.321 e. The van der Waals surface area contributed by atoms with E-state index in [-0.39, 0.29) is 5.54 Å². The molecule has 0 heterocycles. The van der Waals surface area contributed by atoms with E-state index in [1.807, 2.05) is 0 Å². The van der Waals surface area contributed by atoms with Crippen LogP contribution >= 0.6 is 0 Å². The van der Waals surface area contributed by atoms with Gasteiger partial charge < -0.3 is 5.73 Å². The highest BCUT2D eigenvalue weighted by Gasteiger charge is 2.35. The Labute approximate surface area is 86.3 Å². The molecule has 0 aliphatic heterocycles. The third-order valence-corrected chi connectivity index (χ3v) is 3.59. The van der Waals surface area contributed by atoms with Crippen LogP contribution in [0, 0.1) is 20.8 Å². The fourth-order valence-corrected chi connectivity index (χ4v) is 2.38. The molecule has 1 aromatic rings. The molecule has 0 unspecified atom stereocenters. The predicted octanol–water partition coefficient (Wildman–Crippen LogP) is 2.95. The van der Waals surface area contributed by atoms with E-state index in [0.717, 1.165) is 12.8 Å². The molecular weight excluding hydrogens is 170 g/mol. The fraction of sp³-hybridized carbons (Fsp3) is 0.538. The van der Waals surface area contributed by atoms with Gasteiger partial charge in [0, 0.05) is 5.54 Å². The molecule has 14 heavy (non-hydrogen) atoms. The highest BCUT2D eigenvalue weighted by molar-refractivity contribution is 5.42. The molecule has 0 amide bonds. The van der Waals surface area contributed by atoms with Gasteiger partial charge in [0.15, 0.2) is 0 Å². The average molecular weight is 189 g/mol. The highest BCUT2D eigenvalue weighted by atomic mass is 14.8. The molecule has 0 spiro atoms. The lowest BCUT2D eigenvalue weighted by atomic mass is 9.70. The Bertz CT molecular complexity index is 362. The first kappa shape index (κ1) is 9.72. The number of benzene rings is 1. The molecule has 76 valence electrons. The summed E-state index contributed by atoms with van der Waals surface area (Å²) in [6.45, 7) is 6.52. The lowest BCUT2D eigenvalue weighted by molar-refractivity contribution is 0.252. The number of aryl methyl sites for hydroxylation is 2. The molecule has 0 bridgehead atoms. The molecule has 1 fully saturated rings. The summed E-state index contributed by atoms with van der Waals surface area (Å²) in [7, 11) is 0. The van der Waals surface area contributed by atoms with E-state index in [0.29, 0.717) is 0 Å². The van der Waals surface area contributed by atoms with Crippen LogP contribution in [0.25, 0.3) is 0 Å². The molecule has 1 aromatic carbocycles. The minimum absolute atomic E-state index is 0.0130. The summed E-state index contributed by atoms with van der Waals surface area (Å²) in [6, 6.07) is 4.50. The van der Waals surface area contributed by atoms with Gasteiger partial charge in [0.05, 0.1) is 0 Å². The maximum absolute atomic E-state index is 6.36. The van der Waals surface area contributed by atoms with Crippen LogP contribution in [0.4, 0.5) is 0 Å². The van der Waals surface area contributed by atoms with Crippen LogP contribution in [0.1, 0.15) is 41.5 Å². The first-order valence-electron chi connectivity index (χ1n) is 5.40. The number of rotatable bonds is 1. The fourth-order valence-electron chi connectivity index (χ4n) is 2.38. The maximum Gasteiger partial charge on any atom is 0.0412 e. The lowest BCUT2D eigenvalue weighted by Crippen LogP contribution is -2.44. The summed E-state index contributed by atoms with van der Waals surface area (Å²) in [5.41, 5.74) is 11.8. The Balaban J connectivity index is 2.51. The topological polar surface area (TPSA) is 26.0 Å². The maximum atomic E-state index is 6.36. The Morgan fingerprint density at radius 3 is 2.29 bits per heavy atom. The standard InChI is InChI=1S/C13H19N/c1-9-7-10(2)11(3)12(8-9)13(14)5-4-6-13/h7-8H,4-6,14H2,1-3H3. The molecule has 2 rings (SSSR count). The van der Waals surface area contributed by atoms with Gasteiger partial charge in [-0.15, -0.1) is 0 Å². The first-order chi connectivity index (χ1) is 6.53. The van der Waals surface area contributed by atoms with Crippen molar-refractivity contribution in [2.75, 3.05) is 0 Å². The third-order valence-electron chi connectivity index (χ3n) is 3.59. The molecule has 1 heteroatoms. The Hall–Kier alpha value is -0.820. The van der Waals surface area contributed by atoms with Gasteiger partial charge in [-0.05, 0) is 56.7 Å².